The topological polar surface area (TPSA) is 0 Å². The van der Waals surface area contributed by atoms with Gasteiger partial charge in [0.15, 0.2) is 0 Å². The Bertz CT molecular complexity index is 612. The molecule has 0 spiro atoms. The monoisotopic (exact) mass is 208 g/mol. The Morgan fingerprint density at radius 1 is 1.06 bits per heavy atom. The summed E-state index contributed by atoms with van der Waals surface area (Å²) in [6, 6.07) is 4.45. The van der Waals surface area contributed by atoms with Crippen LogP contribution in [0.2, 0.25) is 0 Å². The second-order valence-electron chi connectivity index (χ2n) is 4.77. The average molecular weight is 208 g/mol. The molecule has 0 saturated carbocycles. The molecule has 0 fully saturated rings. The van der Waals surface area contributed by atoms with Gasteiger partial charge in [0.1, 0.15) is 0 Å². The van der Waals surface area contributed by atoms with E-state index in [4.69, 9.17) is 0 Å². The van der Waals surface area contributed by atoms with Crippen molar-refractivity contribution >= 4 is 12.2 Å². The molecule has 0 heterocycles. The van der Waals surface area contributed by atoms with E-state index in [-0.39, 0.29) is 0 Å². The van der Waals surface area contributed by atoms with Crippen LogP contribution in [0.15, 0.2) is 35.9 Å². The third kappa shape index (κ3) is 1.37. The van der Waals surface area contributed by atoms with Gasteiger partial charge in [-0.25, -0.2) is 0 Å². The number of allylic oxidation sites excluding steroid dienone is 4. The number of benzene rings is 1. The third-order valence-electron chi connectivity index (χ3n) is 3.64. The summed E-state index contributed by atoms with van der Waals surface area (Å²) in [6.45, 7) is 4.40. The van der Waals surface area contributed by atoms with E-state index in [0.717, 1.165) is 6.42 Å². The second-order valence-corrected chi connectivity index (χ2v) is 4.77. The molecule has 0 aliphatic heterocycles. The highest BCUT2D eigenvalue weighted by molar-refractivity contribution is 5.62. The normalized spacial score (nSPS) is 21.4. The van der Waals surface area contributed by atoms with Gasteiger partial charge in [0, 0.05) is 5.92 Å². The smallest absolute Gasteiger partial charge is 0.00621 e. The van der Waals surface area contributed by atoms with Crippen LogP contribution >= 0.6 is 0 Å². The summed E-state index contributed by atoms with van der Waals surface area (Å²) in [5, 5.41) is 2.86. The molecule has 2 aliphatic carbocycles. The molecule has 0 amide bonds. The van der Waals surface area contributed by atoms with E-state index in [1.165, 1.54) is 27.1 Å². The Hall–Kier alpha value is -1.56. The third-order valence-corrected chi connectivity index (χ3v) is 3.64. The van der Waals surface area contributed by atoms with Crippen molar-refractivity contribution in [2.45, 2.75) is 20.3 Å². The molecule has 1 aromatic rings. The highest BCUT2D eigenvalue weighted by Crippen LogP contribution is 2.24. The largest absolute Gasteiger partial charge is 0.0836 e. The molecular weight excluding hydrogens is 192 g/mol. The van der Waals surface area contributed by atoms with Crippen molar-refractivity contribution in [3.8, 4) is 0 Å². The molecule has 1 atom stereocenters. The predicted octanol–water partition coefficient (Wildman–Crippen LogP) is 2.38. The summed E-state index contributed by atoms with van der Waals surface area (Å²) in [4.78, 5) is 0. The second kappa shape index (κ2) is 3.48. The standard InChI is InChI=1S/C16H16/c1-11-7-8-12(2)16-10-14-6-4-3-5-13(14)9-15(11)16/h3-5,7-10,14H,6H2,1-2H3. The number of hydrogen-bond acceptors (Lipinski definition) is 0. The summed E-state index contributed by atoms with van der Waals surface area (Å²) in [7, 11) is 0. The van der Waals surface area contributed by atoms with Crippen molar-refractivity contribution in [3.05, 3.63) is 57.5 Å². The summed E-state index contributed by atoms with van der Waals surface area (Å²) >= 11 is 0. The van der Waals surface area contributed by atoms with Crippen molar-refractivity contribution in [1.82, 2.24) is 0 Å². The fraction of sp³-hybridized carbons (Fsp3) is 0.250. The van der Waals surface area contributed by atoms with Gasteiger partial charge in [0.2, 0.25) is 0 Å². The lowest BCUT2D eigenvalue weighted by molar-refractivity contribution is 0.828. The Morgan fingerprint density at radius 2 is 1.81 bits per heavy atom. The number of fused-ring (bicyclic) bond motifs is 2. The predicted molar refractivity (Wildman–Crippen MR) is 69.4 cm³/mol. The molecule has 16 heavy (non-hydrogen) atoms. The van der Waals surface area contributed by atoms with Crippen LogP contribution in [0.1, 0.15) is 17.5 Å². The molecule has 0 radical (unpaired) electrons. The summed E-state index contributed by atoms with van der Waals surface area (Å²) in [5.41, 5.74) is 4.24. The van der Waals surface area contributed by atoms with Crippen LogP contribution < -0.4 is 10.4 Å². The van der Waals surface area contributed by atoms with Crippen LogP contribution in [0.4, 0.5) is 0 Å². The van der Waals surface area contributed by atoms with Crippen LogP contribution in [0.3, 0.4) is 0 Å². The Balaban J connectivity index is 2.37. The minimum absolute atomic E-state index is 0.595. The minimum atomic E-state index is 0.595. The highest BCUT2D eigenvalue weighted by Gasteiger charge is 2.14. The molecule has 0 saturated heterocycles. The van der Waals surface area contributed by atoms with Gasteiger partial charge in [0.25, 0.3) is 0 Å². The van der Waals surface area contributed by atoms with Crippen LogP contribution in [0.25, 0.3) is 12.2 Å². The van der Waals surface area contributed by atoms with Gasteiger partial charge >= 0.3 is 0 Å². The lowest BCUT2D eigenvalue weighted by Gasteiger charge is -2.20. The van der Waals surface area contributed by atoms with Crippen molar-refractivity contribution in [3.63, 3.8) is 0 Å². The zero-order chi connectivity index (χ0) is 11.1. The van der Waals surface area contributed by atoms with Crippen molar-refractivity contribution < 1.29 is 0 Å². The van der Waals surface area contributed by atoms with E-state index in [9.17, 15) is 0 Å². The van der Waals surface area contributed by atoms with Gasteiger partial charge in [-0.1, -0.05) is 42.5 Å². The maximum Gasteiger partial charge on any atom is 0.00621 e. The zero-order valence-corrected chi connectivity index (χ0v) is 9.83. The summed E-state index contributed by atoms with van der Waals surface area (Å²) in [6.07, 6.45) is 12.6. The summed E-state index contributed by atoms with van der Waals surface area (Å²) < 4.78 is 0. The minimum Gasteiger partial charge on any atom is -0.0836 e. The van der Waals surface area contributed by atoms with E-state index < -0.39 is 0 Å². The van der Waals surface area contributed by atoms with Crippen LogP contribution in [0, 0.1) is 19.8 Å². The molecule has 3 rings (SSSR count). The van der Waals surface area contributed by atoms with Gasteiger partial charge in [-0.2, -0.15) is 0 Å². The molecule has 2 aliphatic rings. The van der Waals surface area contributed by atoms with E-state index in [2.05, 4.69) is 56.4 Å². The fourth-order valence-electron chi connectivity index (χ4n) is 2.62. The lowest BCUT2D eigenvalue weighted by Crippen LogP contribution is -2.34. The average Bonchev–Trinajstić information content (AvgIpc) is 2.32. The molecule has 0 N–H and O–H groups in total. The quantitative estimate of drug-likeness (QED) is 0.614. The number of hydrogen-bond donors (Lipinski definition) is 0. The Kier molecular flexibility index (Phi) is 2.10. The first kappa shape index (κ1) is 9.65. The highest BCUT2D eigenvalue weighted by atomic mass is 14.2. The van der Waals surface area contributed by atoms with Crippen molar-refractivity contribution in [2.75, 3.05) is 0 Å². The first-order valence-electron chi connectivity index (χ1n) is 5.92. The Labute approximate surface area is 96.3 Å². The van der Waals surface area contributed by atoms with Gasteiger partial charge in [0.05, 0.1) is 0 Å². The number of rotatable bonds is 0. The molecule has 0 nitrogen and oxygen atoms in total. The lowest BCUT2D eigenvalue weighted by atomic mass is 9.85. The molecule has 1 aromatic carbocycles. The zero-order valence-electron chi connectivity index (χ0n) is 9.83. The SMILES string of the molecule is Cc1ccc(C)c2c1=CC1=CC=CCC1C=2. The molecule has 0 bridgehead atoms. The van der Waals surface area contributed by atoms with Gasteiger partial charge < -0.3 is 0 Å². The first-order chi connectivity index (χ1) is 7.75. The van der Waals surface area contributed by atoms with E-state index in [1.807, 2.05) is 0 Å². The van der Waals surface area contributed by atoms with Crippen molar-refractivity contribution in [2.24, 2.45) is 5.92 Å². The maximum atomic E-state index is 2.44. The van der Waals surface area contributed by atoms with E-state index in [0.29, 0.717) is 5.92 Å². The molecule has 1 unspecified atom stereocenters. The summed E-state index contributed by atoms with van der Waals surface area (Å²) in [5.74, 6) is 0.595. The van der Waals surface area contributed by atoms with E-state index in [1.54, 1.807) is 0 Å². The van der Waals surface area contributed by atoms with Crippen molar-refractivity contribution in [1.29, 1.82) is 0 Å². The molecule has 80 valence electrons. The molecule has 0 aromatic heterocycles. The van der Waals surface area contributed by atoms with Crippen LogP contribution in [-0.2, 0) is 0 Å². The maximum absolute atomic E-state index is 2.44. The van der Waals surface area contributed by atoms with Crippen LogP contribution in [-0.4, -0.2) is 0 Å². The first-order valence-corrected chi connectivity index (χ1v) is 5.92. The fourth-order valence-corrected chi connectivity index (χ4v) is 2.62. The number of aryl methyl sites for hydroxylation is 2. The van der Waals surface area contributed by atoms with Crippen LogP contribution in [0.5, 0.6) is 0 Å². The van der Waals surface area contributed by atoms with E-state index >= 15 is 0 Å². The van der Waals surface area contributed by atoms with Gasteiger partial charge in [-0.3, -0.25) is 0 Å². The van der Waals surface area contributed by atoms with Gasteiger partial charge in [-0.15, -0.1) is 0 Å². The molecule has 0 heteroatoms. The van der Waals surface area contributed by atoms with Gasteiger partial charge in [-0.05, 0) is 47.4 Å². The Morgan fingerprint density at radius 3 is 2.62 bits per heavy atom. The molecular formula is C16H16.